The highest BCUT2D eigenvalue weighted by atomic mass is 35.5. The van der Waals surface area contributed by atoms with Crippen LogP contribution in [0.4, 0.5) is 17.6 Å². The molecule has 0 saturated carbocycles. The van der Waals surface area contributed by atoms with Gasteiger partial charge in [-0.1, -0.05) is 6.07 Å². The molecule has 6 heteroatoms. The van der Waals surface area contributed by atoms with Crippen molar-refractivity contribution < 1.29 is 17.6 Å². The normalized spacial score (nSPS) is 14.9. The number of hydrogen-bond acceptors (Lipinski definition) is 1. The molecule has 74 valence electrons. The van der Waals surface area contributed by atoms with Crippen molar-refractivity contribution in [2.75, 3.05) is 0 Å². The van der Waals surface area contributed by atoms with Gasteiger partial charge in [0.05, 0.1) is 0 Å². The first-order valence-electron chi connectivity index (χ1n) is 3.29. The summed E-state index contributed by atoms with van der Waals surface area (Å²) in [7, 11) is 0. The first-order valence-corrected chi connectivity index (χ1v) is 4.61. The highest BCUT2D eigenvalue weighted by Gasteiger charge is 2.49. The van der Waals surface area contributed by atoms with Crippen LogP contribution in [-0.2, 0) is 0 Å². The van der Waals surface area contributed by atoms with E-state index in [0.29, 0.717) is 0 Å². The number of thiophene rings is 1. The Bertz CT molecular complexity index is 259. The lowest BCUT2D eigenvalue weighted by molar-refractivity contribution is -0.130. The van der Waals surface area contributed by atoms with Gasteiger partial charge in [0.25, 0.3) is 0 Å². The summed E-state index contributed by atoms with van der Waals surface area (Å²) < 4.78 is 48.9. The van der Waals surface area contributed by atoms with E-state index in [4.69, 9.17) is 11.6 Å². The van der Waals surface area contributed by atoms with Crippen molar-refractivity contribution >= 4 is 22.9 Å². The van der Waals surface area contributed by atoms with Gasteiger partial charge in [-0.05, 0) is 11.4 Å². The molecule has 0 saturated heterocycles. The smallest absolute Gasteiger partial charge is 0.204 e. The third kappa shape index (κ3) is 2.14. The Balaban J connectivity index is 2.84. The maximum Gasteiger partial charge on any atom is 0.328 e. The van der Waals surface area contributed by atoms with Gasteiger partial charge in [-0.15, -0.1) is 22.9 Å². The van der Waals surface area contributed by atoms with Gasteiger partial charge in [0.1, 0.15) is 5.38 Å². The highest BCUT2D eigenvalue weighted by molar-refractivity contribution is 7.10. The minimum Gasteiger partial charge on any atom is -0.204 e. The number of halogens is 5. The third-order valence-corrected chi connectivity index (χ3v) is 3.01. The van der Waals surface area contributed by atoms with Gasteiger partial charge in [-0.2, -0.15) is 8.78 Å². The van der Waals surface area contributed by atoms with Crippen molar-refractivity contribution in [3.05, 3.63) is 22.4 Å². The van der Waals surface area contributed by atoms with E-state index >= 15 is 0 Å². The average Bonchev–Trinajstić information content (AvgIpc) is 2.54. The van der Waals surface area contributed by atoms with Crippen molar-refractivity contribution in [1.29, 1.82) is 0 Å². The lowest BCUT2D eigenvalue weighted by Crippen LogP contribution is -2.31. The van der Waals surface area contributed by atoms with E-state index < -0.39 is 17.7 Å². The molecule has 0 N–H and O–H groups in total. The summed E-state index contributed by atoms with van der Waals surface area (Å²) in [4.78, 5) is 0.0481. The van der Waals surface area contributed by atoms with Crippen molar-refractivity contribution in [2.24, 2.45) is 0 Å². The Morgan fingerprint density at radius 3 is 2.38 bits per heavy atom. The molecule has 1 heterocycles. The van der Waals surface area contributed by atoms with Gasteiger partial charge in [-0.25, -0.2) is 8.78 Å². The Morgan fingerprint density at radius 1 is 1.38 bits per heavy atom. The zero-order chi connectivity index (χ0) is 10.1. The van der Waals surface area contributed by atoms with E-state index in [1.165, 1.54) is 17.5 Å². The molecule has 0 aliphatic heterocycles. The van der Waals surface area contributed by atoms with Gasteiger partial charge < -0.3 is 0 Å². The van der Waals surface area contributed by atoms with Crippen LogP contribution in [0, 0.1) is 0 Å². The molecule has 1 atom stereocenters. The summed E-state index contributed by atoms with van der Waals surface area (Å²) in [5.41, 5.74) is 0. The van der Waals surface area contributed by atoms with Crippen molar-refractivity contribution in [3.63, 3.8) is 0 Å². The van der Waals surface area contributed by atoms with Gasteiger partial charge >= 0.3 is 12.3 Å². The molecule has 0 aliphatic carbocycles. The SMILES string of the molecule is FC(F)C(F)(F)C(Cl)c1cccs1. The Hall–Kier alpha value is -0.290. The maximum absolute atomic E-state index is 12.6. The van der Waals surface area contributed by atoms with E-state index in [2.05, 4.69) is 0 Å². The lowest BCUT2D eigenvalue weighted by Gasteiger charge is -2.19. The zero-order valence-electron chi connectivity index (χ0n) is 6.18. The number of hydrogen-bond donors (Lipinski definition) is 0. The summed E-state index contributed by atoms with van der Waals surface area (Å²) in [5, 5.41) is -0.445. The molecule has 0 radical (unpaired) electrons. The molecular formula is C7H5ClF4S. The van der Waals surface area contributed by atoms with Crippen LogP contribution in [0.2, 0.25) is 0 Å². The van der Waals surface area contributed by atoms with Crippen LogP contribution in [0.15, 0.2) is 17.5 Å². The number of alkyl halides is 5. The van der Waals surface area contributed by atoms with Gasteiger partial charge in [0.2, 0.25) is 0 Å². The predicted molar refractivity (Wildman–Crippen MR) is 43.9 cm³/mol. The van der Waals surface area contributed by atoms with Crippen molar-refractivity contribution in [1.82, 2.24) is 0 Å². The van der Waals surface area contributed by atoms with Crippen LogP contribution in [0.5, 0.6) is 0 Å². The molecule has 13 heavy (non-hydrogen) atoms. The molecule has 0 nitrogen and oxygen atoms in total. The summed E-state index contributed by atoms with van der Waals surface area (Å²) in [6.07, 6.45) is -3.74. The Labute approximate surface area is 81.1 Å². The molecule has 0 spiro atoms. The first-order chi connectivity index (χ1) is 5.96. The minimum atomic E-state index is -4.17. The molecule has 1 aromatic rings. The predicted octanol–water partition coefficient (Wildman–Crippen LogP) is 3.93. The van der Waals surface area contributed by atoms with Crippen LogP contribution in [-0.4, -0.2) is 12.3 Å². The van der Waals surface area contributed by atoms with Crippen LogP contribution in [0.25, 0.3) is 0 Å². The molecule has 0 aromatic carbocycles. The quantitative estimate of drug-likeness (QED) is 0.547. The standard InChI is InChI=1S/C7H5ClF4S/c8-5(4-2-1-3-13-4)7(11,12)6(9)10/h1-3,5-6H. The fourth-order valence-electron chi connectivity index (χ4n) is 0.736. The molecule has 0 amide bonds. The van der Waals surface area contributed by atoms with E-state index in [1.54, 1.807) is 0 Å². The number of rotatable bonds is 3. The fraction of sp³-hybridized carbons (Fsp3) is 0.429. The summed E-state index contributed by atoms with van der Waals surface area (Å²) in [5.74, 6) is -4.17. The third-order valence-electron chi connectivity index (χ3n) is 1.42. The van der Waals surface area contributed by atoms with Crippen LogP contribution >= 0.6 is 22.9 Å². The molecule has 0 fully saturated rings. The fourth-order valence-corrected chi connectivity index (χ4v) is 1.81. The Morgan fingerprint density at radius 2 is 2.00 bits per heavy atom. The molecule has 0 bridgehead atoms. The van der Waals surface area contributed by atoms with Crippen molar-refractivity contribution in [2.45, 2.75) is 17.7 Å². The van der Waals surface area contributed by atoms with Gasteiger partial charge in [-0.3, -0.25) is 0 Å². The largest absolute Gasteiger partial charge is 0.328 e. The average molecular weight is 233 g/mol. The van der Waals surface area contributed by atoms with E-state index in [-0.39, 0.29) is 4.88 Å². The van der Waals surface area contributed by atoms with Gasteiger partial charge in [0, 0.05) is 4.88 Å². The highest BCUT2D eigenvalue weighted by Crippen LogP contribution is 2.42. The van der Waals surface area contributed by atoms with Crippen LogP contribution in [0.1, 0.15) is 10.3 Å². The molecule has 0 aliphatic rings. The lowest BCUT2D eigenvalue weighted by atomic mass is 10.2. The monoisotopic (exact) mass is 232 g/mol. The first kappa shape index (κ1) is 10.8. The van der Waals surface area contributed by atoms with Crippen molar-refractivity contribution in [3.8, 4) is 0 Å². The second-order valence-electron chi connectivity index (χ2n) is 2.35. The second kappa shape index (κ2) is 3.84. The molecular weight excluding hydrogens is 228 g/mol. The minimum absolute atomic E-state index is 0.0481. The van der Waals surface area contributed by atoms with Crippen LogP contribution < -0.4 is 0 Å². The Kier molecular flexibility index (Phi) is 3.18. The summed E-state index contributed by atoms with van der Waals surface area (Å²) in [6.45, 7) is 0. The zero-order valence-corrected chi connectivity index (χ0v) is 7.76. The second-order valence-corrected chi connectivity index (χ2v) is 3.77. The maximum atomic E-state index is 12.6. The molecule has 1 rings (SSSR count). The topological polar surface area (TPSA) is 0 Å². The summed E-state index contributed by atoms with van der Waals surface area (Å²) in [6, 6.07) is 2.79. The van der Waals surface area contributed by atoms with E-state index in [1.807, 2.05) is 0 Å². The molecule has 1 unspecified atom stereocenters. The molecule has 1 aromatic heterocycles. The van der Waals surface area contributed by atoms with Crippen LogP contribution in [0.3, 0.4) is 0 Å². The van der Waals surface area contributed by atoms with E-state index in [9.17, 15) is 17.6 Å². The van der Waals surface area contributed by atoms with E-state index in [0.717, 1.165) is 11.3 Å². The summed E-state index contributed by atoms with van der Waals surface area (Å²) >= 11 is 6.14. The van der Waals surface area contributed by atoms with Gasteiger partial charge in [0.15, 0.2) is 0 Å².